The normalized spacial score (nSPS) is 24.5. The third-order valence-corrected chi connectivity index (χ3v) is 16.0. The summed E-state index contributed by atoms with van der Waals surface area (Å²) >= 11 is 0. The van der Waals surface area contributed by atoms with Crippen molar-refractivity contribution >= 4 is 5.91 Å². The Hall–Kier alpha value is -2.05. The van der Waals surface area contributed by atoms with Crippen molar-refractivity contribution in [2.45, 2.75) is 344 Å². The van der Waals surface area contributed by atoms with Gasteiger partial charge in [-0.1, -0.05) is 249 Å². The van der Waals surface area contributed by atoms with E-state index in [1.807, 2.05) is 6.08 Å². The van der Waals surface area contributed by atoms with Gasteiger partial charge in [0.15, 0.2) is 12.6 Å². The Labute approximate surface area is 486 Å². The number of nitrogens with one attached hydrogen (secondary N) is 1. The molecule has 0 radical (unpaired) electrons. The lowest BCUT2D eigenvalue weighted by molar-refractivity contribution is -0.359. The summed E-state index contributed by atoms with van der Waals surface area (Å²) in [6.45, 7) is 2.72. The average molecular weight is 1140 g/mol. The van der Waals surface area contributed by atoms with E-state index in [2.05, 4.69) is 55.6 Å². The minimum Gasteiger partial charge on any atom is -0.394 e. The number of allylic oxidation sites excluding steroid dienone is 7. The van der Waals surface area contributed by atoms with Crippen LogP contribution >= 0.6 is 0 Å². The van der Waals surface area contributed by atoms with Crippen molar-refractivity contribution in [2.24, 2.45) is 0 Å². The topological polar surface area (TPSA) is 228 Å². The standard InChI is InChI=1S/C66H121NO13/c1-3-5-7-9-11-13-14-15-16-17-18-19-20-21-22-23-24-25-26-27-28-29-30-31-32-33-34-35-36-37-38-39-40-42-44-46-48-50-58(71)67-54(55(70)49-47-45-43-41-12-10-8-6-4-2)53-77-65-63(76)61(74)64(57(52-69)79-65)80-66-62(75)60(73)59(72)56(51-68)78-66/h12,14-15,17-18,41,47,49,54-57,59-66,68-70,72-76H,3-11,13,16,19-40,42-46,48,50-53H2,1-2H3,(H,67,71)/b15-14-,18-17-,41-12+,49-47+. The lowest BCUT2D eigenvalue weighted by Crippen LogP contribution is -2.65. The predicted molar refractivity (Wildman–Crippen MR) is 323 cm³/mol. The summed E-state index contributed by atoms with van der Waals surface area (Å²) in [5.41, 5.74) is 0. The van der Waals surface area contributed by atoms with Crippen LogP contribution in [0.1, 0.15) is 271 Å². The van der Waals surface area contributed by atoms with Crippen LogP contribution in [0, 0.1) is 0 Å². The van der Waals surface area contributed by atoms with E-state index in [1.165, 1.54) is 193 Å². The highest BCUT2D eigenvalue weighted by molar-refractivity contribution is 5.76. The van der Waals surface area contributed by atoms with Gasteiger partial charge in [0.05, 0.1) is 32.0 Å². The smallest absolute Gasteiger partial charge is 0.220 e. The molecule has 0 aromatic heterocycles. The Morgan fingerprint density at radius 1 is 0.450 bits per heavy atom. The van der Waals surface area contributed by atoms with Crippen LogP contribution in [-0.2, 0) is 23.7 Å². The second kappa shape index (κ2) is 51.4. The fraction of sp³-hybridized carbons (Fsp3) is 0.864. The van der Waals surface area contributed by atoms with Gasteiger partial charge in [-0.25, -0.2) is 0 Å². The molecule has 0 aromatic rings. The fourth-order valence-electron chi connectivity index (χ4n) is 10.7. The van der Waals surface area contributed by atoms with E-state index in [0.29, 0.717) is 12.8 Å². The van der Waals surface area contributed by atoms with Crippen molar-refractivity contribution in [3.8, 4) is 0 Å². The highest BCUT2D eigenvalue weighted by Gasteiger charge is 2.51. The van der Waals surface area contributed by atoms with Gasteiger partial charge in [-0.15, -0.1) is 0 Å². The Balaban J connectivity index is 1.53. The van der Waals surface area contributed by atoms with E-state index in [-0.39, 0.29) is 18.9 Å². The highest BCUT2D eigenvalue weighted by Crippen LogP contribution is 2.30. The lowest BCUT2D eigenvalue weighted by Gasteiger charge is -2.46. The molecule has 9 N–H and O–H groups in total. The van der Waals surface area contributed by atoms with Crippen LogP contribution in [0.2, 0.25) is 0 Å². The van der Waals surface area contributed by atoms with E-state index < -0.39 is 86.8 Å². The molecule has 2 rings (SSSR count). The Morgan fingerprint density at radius 3 is 1.32 bits per heavy atom. The van der Waals surface area contributed by atoms with E-state index in [9.17, 15) is 45.6 Å². The quantitative estimate of drug-likeness (QED) is 0.0204. The van der Waals surface area contributed by atoms with Crippen LogP contribution in [0.25, 0.3) is 0 Å². The van der Waals surface area contributed by atoms with E-state index in [4.69, 9.17) is 18.9 Å². The fourth-order valence-corrected chi connectivity index (χ4v) is 10.7. The summed E-state index contributed by atoms with van der Waals surface area (Å²) in [6.07, 6.45) is 49.4. The molecule has 12 atom stereocenters. The molecule has 0 aromatic carbocycles. The maximum atomic E-state index is 13.2. The zero-order chi connectivity index (χ0) is 58.1. The summed E-state index contributed by atoms with van der Waals surface area (Å²) in [5.74, 6) is -0.249. The number of aliphatic hydroxyl groups is 8. The second-order valence-corrected chi connectivity index (χ2v) is 23.2. The van der Waals surface area contributed by atoms with Gasteiger partial charge in [-0.05, 0) is 64.2 Å². The number of hydrogen-bond donors (Lipinski definition) is 9. The summed E-state index contributed by atoms with van der Waals surface area (Å²) in [5, 5.41) is 86.8. The number of amides is 1. The van der Waals surface area contributed by atoms with Crippen molar-refractivity contribution in [1.82, 2.24) is 5.32 Å². The molecule has 2 fully saturated rings. The third kappa shape index (κ3) is 35.9. The summed E-state index contributed by atoms with van der Waals surface area (Å²) in [7, 11) is 0. The predicted octanol–water partition coefficient (Wildman–Crippen LogP) is 12.3. The maximum absolute atomic E-state index is 13.2. The van der Waals surface area contributed by atoms with Crippen LogP contribution in [0.5, 0.6) is 0 Å². The molecule has 80 heavy (non-hydrogen) atoms. The molecule has 0 saturated carbocycles. The minimum absolute atomic E-state index is 0.249. The minimum atomic E-state index is -1.79. The molecule has 0 bridgehead atoms. The van der Waals surface area contributed by atoms with Crippen molar-refractivity contribution in [3.05, 3.63) is 48.6 Å². The number of rotatable bonds is 53. The first-order valence-corrected chi connectivity index (χ1v) is 32.9. The van der Waals surface area contributed by atoms with Gasteiger partial charge in [-0.3, -0.25) is 4.79 Å². The first-order chi connectivity index (χ1) is 39.1. The van der Waals surface area contributed by atoms with Crippen LogP contribution < -0.4 is 5.32 Å². The van der Waals surface area contributed by atoms with E-state index in [1.54, 1.807) is 6.08 Å². The molecule has 0 aliphatic carbocycles. The van der Waals surface area contributed by atoms with Gasteiger partial charge in [-0.2, -0.15) is 0 Å². The van der Waals surface area contributed by atoms with Gasteiger partial charge in [0.2, 0.25) is 5.91 Å². The van der Waals surface area contributed by atoms with Gasteiger partial charge in [0, 0.05) is 6.42 Å². The molecule has 1 amide bonds. The molecular formula is C66H121NO13. The first kappa shape index (κ1) is 74.1. The number of aliphatic hydroxyl groups excluding tert-OH is 8. The maximum Gasteiger partial charge on any atom is 0.220 e. The SMILES string of the molecule is CCCCC/C=C/CC/C=C/C(O)C(COC1OC(CO)C(OC2OC(CO)C(O)C(O)C2O)C(O)C1O)NC(=O)CCCCCCCCCCCCCCCCCCCCCCCCCCC/C=C\C/C=C\CCCCCCC. The molecule has 2 saturated heterocycles. The van der Waals surface area contributed by atoms with Gasteiger partial charge >= 0.3 is 0 Å². The second-order valence-electron chi connectivity index (χ2n) is 23.2. The molecule has 2 aliphatic rings. The number of carbonyl (C=O) groups is 1. The molecule has 2 heterocycles. The Morgan fingerprint density at radius 2 is 0.838 bits per heavy atom. The van der Waals surface area contributed by atoms with Crippen LogP contribution in [0.15, 0.2) is 48.6 Å². The number of hydrogen-bond acceptors (Lipinski definition) is 13. The summed E-state index contributed by atoms with van der Waals surface area (Å²) < 4.78 is 22.7. The number of ether oxygens (including phenoxy) is 4. The van der Waals surface area contributed by atoms with Crippen molar-refractivity contribution < 1.29 is 64.6 Å². The lowest BCUT2D eigenvalue weighted by atomic mass is 9.97. The Bertz CT molecular complexity index is 1530. The monoisotopic (exact) mass is 1140 g/mol. The van der Waals surface area contributed by atoms with Crippen LogP contribution in [-0.4, -0.2) is 140 Å². The van der Waals surface area contributed by atoms with Gasteiger partial charge in [0.1, 0.15) is 48.8 Å². The van der Waals surface area contributed by atoms with Crippen molar-refractivity contribution in [3.63, 3.8) is 0 Å². The molecule has 14 heteroatoms. The third-order valence-electron chi connectivity index (χ3n) is 16.0. The van der Waals surface area contributed by atoms with Crippen LogP contribution in [0.4, 0.5) is 0 Å². The zero-order valence-corrected chi connectivity index (χ0v) is 50.6. The molecule has 14 nitrogen and oxygen atoms in total. The number of unbranched alkanes of at least 4 members (excludes halogenated alkanes) is 34. The molecular weight excluding hydrogens is 1010 g/mol. The van der Waals surface area contributed by atoms with Gasteiger partial charge in [0.25, 0.3) is 0 Å². The summed E-state index contributed by atoms with van der Waals surface area (Å²) in [6, 6.07) is -0.928. The van der Waals surface area contributed by atoms with E-state index >= 15 is 0 Å². The van der Waals surface area contributed by atoms with Gasteiger partial charge < -0.3 is 65.1 Å². The highest BCUT2D eigenvalue weighted by atomic mass is 16.7. The molecule has 2 aliphatic heterocycles. The molecule has 0 spiro atoms. The van der Waals surface area contributed by atoms with E-state index in [0.717, 1.165) is 44.9 Å². The summed E-state index contributed by atoms with van der Waals surface area (Å²) in [4.78, 5) is 13.2. The zero-order valence-electron chi connectivity index (χ0n) is 50.6. The average Bonchev–Trinajstić information content (AvgIpc) is 3.49. The van der Waals surface area contributed by atoms with Crippen LogP contribution in [0.3, 0.4) is 0 Å². The number of carbonyl (C=O) groups excluding carboxylic acids is 1. The van der Waals surface area contributed by atoms with Crippen molar-refractivity contribution in [1.29, 1.82) is 0 Å². The Kier molecular flexibility index (Phi) is 47.6. The molecule has 12 unspecified atom stereocenters. The largest absolute Gasteiger partial charge is 0.394 e. The first-order valence-electron chi connectivity index (χ1n) is 32.9. The molecule has 468 valence electrons. The van der Waals surface area contributed by atoms with Crippen molar-refractivity contribution in [2.75, 3.05) is 19.8 Å².